The molecular weight excluding hydrogens is 340 g/mol. The number of aryl methyl sites for hydroxylation is 1. The van der Waals surface area contributed by atoms with Crippen LogP contribution in [0.5, 0.6) is 0 Å². The summed E-state index contributed by atoms with van der Waals surface area (Å²) in [6, 6.07) is 10.2. The van der Waals surface area contributed by atoms with Gasteiger partial charge in [-0.1, -0.05) is 12.1 Å². The zero-order valence-electron chi connectivity index (χ0n) is 15.8. The normalized spacial score (nSPS) is 16.5. The lowest BCUT2D eigenvalue weighted by Crippen LogP contribution is -3.13. The minimum Gasteiger partial charge on any atom is -0.464 e. The van der Waals surface area contributed by atoms with Crippen molar-refractivity contribution in [3.8, 4) is 0 Å². The van der Waals surface area contributed by atoms with E-state index in [9.17, 15) is 4.79 Å². The maximum Gasteiger partial charge on any atom is 0.224 e. The zero-order valence-corrected chi connectivity index (χ0v) is 15.8. The largest absolute Gasteiger partial charge is 0.464 e. The van der Waals surface area contributed by atoms with E-state index in [0.29, 0.717) is 13.0 Å². The van der Waals surface area contributed by atoms with Gasteiger partial charge in [0, 0.05) is 10.9 Å². The van der Waals surface area contributed by atoms with Crippen molar-refractivity contribution in [1.29, 1.82) is 0 Å². The molecule has 2 aromatic heterocycles. The summed E-state index contributed by atoms with van der Waals surface area (Å²) in [7, 11) is 0. The van der Waals surface area contributed by atoms with Crippen LogP contribution in [0.15, 0.2) is 51.7 Å². The van der Waals surface area contributed by atoms with Crippen LogP contribution in [0.2, 0.25) is 0 Å². The molecule has 5 heteroatoms. The number of hydrogen-bond donors (Lipinski definition) is 2. The Kier molecular flexibility index (Phi) is 5.30. The quantitative estimate of drug-likeness (QED) is 0.704. The Morgan fingerprint density at radius 1 is 1.19 bits per heavy atom. The molecule has 1 saturated heterocycles. The molecule has 142 valence electrons. The number of carbonyl (C=O) groups excluding carboxylic acids is 1. The van der Waals surface area contributed by atoms with Gasteiger partial charge in [-0.15, -0.1) is 0 Å². The number of fused-ring (bicyclic) bond motifs is 1. The van der Waals surface area contributed by atoms with Crippen molar-refractivity contribution in [1.82, 2.24) is 5.32 Å². The maximum atomic E-state index is 12.6. The zero-order chi connectivity index (χ0) is 18.6. The van der Waals surface area contributed by atoms with E-state index in [-0.39, 0.29) is 11.9 Å². The van der Waals surface area contributed by atoms with Crippen molar-refractivity contribution in [2.24, 2.45) is 0 Å². The van der Waals surface area contributed by atoms with Gasteiger partial charge in [0.25, 0.3) is 0 Å². The van der Waals surface area contributed by atoms with Crippen molar-refractivity contribution >= 4 is 16.9 Å². The number of quaternary nitrogens is 1. The molecule has 4 rings (SSSR count). The molecular formula is C22H27N2O3+. The summed E-state index contributed by atoms with van der Waals surface area (Å²) in [5, 5.41) is 4.14. The molecule has 1 aliphatic heterocycles. The highest BCUT2D eigenvalue weighted by Gasteiger charge is 2.28. The monoisotopic (exact) mass is 367 g/mol. The molecule has 5 nitrogen and oxygen atoms in total. The number of hydrogen-bond acceptors (Lipinski definition) is 3. The number of rotatable bonds is 6. The van der Waals surface area contributed by atoms with Crippen molar-refractivity contribution < 1.29 is 18.5 Å². The molecule has 1 aromatic carbocycles. The number of carbonyl (C=O) groups is 1. The average molecular weight is 367 g/mol. The van der Waals surface area contributed by atoms with E-state index in [1.807, 2.05) is 37.3 Å². The maximum absolute atomic E-state index is 12.6. The van der Waals surface area contributed by atoms with Gasteiger partial charge in [0.1, 0.15) is 5.58 Å². The van der Waals surface area contributed by atoms with Crippen LogP contribution in [0.1, 0.15) is 42.2 Å². The van der Waals surface area contributed by atoms with Crippen LogP contribution < -0.4 is 10.2 Å². The van der Waals surface area contributed by atoms with Crippen molar-refractivity contribution in [3.63, 3.8) is 0 Å². The molecule has 0 aliphatic carbocycles. The van der Waals surface area contributed by atoms with Gasteiger partial charge >= 0.3 is 0 Å². The number of furan rings is 2. The summed E-state index contributed by atoms with van der Waals surface area (Å²) in [4.78, 5) is 14.1. The van der Waals surface area contributed by atoms with E-state index < -0.39 is 0 Å². The Hall–Kier alpha value is -2.53. The Morgan fingerprint density at radius 2 is 2.04 bits per heavy atom. The first-order chi connectivity index (χ1) is 13.2. The van der Waals surface area contributed by atoms with E-state index >= 15 is 0 Å². The third kappa shape index (κ3) is 4.08. The van der Waals surface area contributed by atoms with E-state index in [1.54, 1.807) is 12.5 Å². The third-order valence-electron chi connectivity index (χ3n) is 5.54. The highest BCUT2D eigenvalue weighted by atomic mass is 16.3. The summed E-state index contributed by atoms with van der Waals surface area (Å²) in [6.07, 6.45) is 7.52. The molecule has 1 aliphatic rings. The van der Waals surface area contributed by atoms with Crippen LogP contribution in [0.3, 0.4) is 0 Å². The lowest BCUT2D eigenvalue weighted by Gasteiger charge is -2.30. The molecule has 0 radical (unpaired) electrons. The Labute approximate surface area is 159 Å². The molecule has 0 bridgehead atoms. The number of likely N-dealkylation sites (tertiary alicyclic amines) is 1. The molecule has 3 aromatic rings. The van der Waals surface area contributed by atoms with E-state index in [4.69, 9.17) is 8.83 Å². The molecule has 3 heterocycles. The molecule has 0 spiro atoms. The summed E-state index contributed by atoms with van der Waals surface area (Å²) in [5.74, 6) is 0.975. The Balaban J connectivity index is 1.41. The first-order valence-corrected chi connectivity index (χ1v) is 9.82. The fourth-order valence-corrected chi connectivity index (χ4v) is 4.07. The SMILES string of the molecule is Cc1ccc2c(CC(=O)NC[C@@H](c3ccco3)[NH+]3CCCCC3)coc2c1. The Morgan fingerprint density at radius 3 is 2.81 bits per heavy atom. The van der Waals surface area contributed by atoms with E-state index in [1.165, 1.54) is 24.2 Å². The van der Waals surface area contributed by atoms with Gasteiger partial charge in [0.2, 0.25) is 5.91 Å². The van der Waals surface area contributed by atoms with Crippen LogP contribution >= 0.6 is 0 Å². The lowest BCUT2D eigenvalue weighted by atomic mass is 10.1. The Bertz CT molecular complexity index is 892. The van der Waals surface area contributed by atoms with Crippen molar-refractivity contribution in [2.75, 3.05) is 19.6 Å². The summed E-state index contributed by atoms with van der Waals surface area (Å²) >= 11 is 0. The smallest absolute Gasteiger partial charge is 0.224 e. The second kappa shape index (κ2) is 8.01. The van der Waals surface area contributed by atoms with Gasteiger partial charge in [-0.25, -0.2) is 0 Å². The number of piperidine rings is 1. The lowest BCUT2D eigenvalue weighted by molar-refractivity contribution is -0.936. The van der Waals surface area contributed by atoms with Gasteiger partial charge < -0.3 is 19.1 Å². The van der Waals surface area contributed by atoms with E-state index in [2.05, 4.69) is 5.32 Å². The molecule has 2 N–H and O–H groups in total. The van der Waals surface area contributed by atoms with E-state index in [0.717, 1.165) is 40.9 Å². The van der Waals surface area contributed by atoms with Gasteiger partial charge in [-0.2, -0.15) is 0 Å². The highest BCUT2D eigenvalue weighted by molar-refractivity contribution is 5.87. The van der Waals surface area contributed by atoms with Crippen LogP contribution in [0.4, 0.5) is 0 Å². The summed E-state index contributed by atoms with van der Waals surface area (Å²) in [6.45, 7) is 4.89. The fraction of sp³-hybridized carbons (Fsp3) is 0.409. The van der Waals surface area contributed by atoms with Crippen LogP contribution in [-0.4, -0.2) is 25.5 Å². The highest BCUT2D eigenvalue weighted by Crippen LogP contribution is 2.22. The summed E-state index contributed by atoms with van der Waals surface area (Å²) < 4.78 is 11.3. The molecule has 1 atom stereocenters. The molecule has 27 heavy (non-hydrogen) atoms. The fourth-order valence-electron chi connectivity index (χ4n) is 4.07. The standard InChI is InChI=1S/C22H26N2O3/c1-16-7-8-18-17(15-27-21(18)12-16)13-22(25)23-14-19(20-6-5-11-26-20)24-9-3-2-4-10-24/h5-8,11-12,15,19H,2-4,9-10,13-14H2,1H3,(H,23,25)/p+1/t19-/m0/s1. The predicted octanol–water partition coefficient (Wildman–Crippen LogP) is 2.80. The molecule has 1 amide bonds. The third-order valence-corrected chi connectivity index (χ3v) is 5.54. The second-order valence-electron chi connectivity index (χ2n) is 7.53. The first-order valence-electron chi connectivity index (χ1n) is 9.82. The van der Waals surface area contributed by atoms with Gasteiger partial charge in [-0.05, 0) is 49.9 Å². The van der Waals surface area contributed by atoms with Gasteiger partial charge in [0.05, 0.1) is 38.6 Å². The minimum absolute atomic E-state index is 0.0197. The first kappa shape index (κ1) is 17.9. The van der Waals surface area contributed by atoms with Crippen molar-refractivity contribution in [3.05, 3.63) is 59.7 Å². The summed E-state index contributed by atoms with van der Waals surface area (Å²) in [5.41, 5.74) is 2.92. The minimum atomic E-state index is 0.0197. The number of benzene rings is 1. The molecule has 0 saturated carbocycles. The van der Waals surface area contributed by atoms with Gasteiger partial charge in [0.15, 0.2) is 11.8 Å². The topological polar surface area (TPSA) is 59.8 Å². The molecule has 1 fully saturated rings. The van der Waals surface area contributed by atoms with Crippen LogP contribution in [0.25, 0.3) is 11.0 Å². The van der Waals surface area contributed by atoms with Gasteiger partial charge in [-0.3, -0.25) is 4.79 Å². The van der Waals surface area contributed by atoms with Crippen LogP contribution in [-0.2, 0) is 11.2 Å². The second-order valence-corrected chi connectivity index (χ2v) is 7.53. The average Bonchev–Trinajstić information content (AvgIpc) is 3.33. The van der Waals surface area contributed by atoms with Crippen LogP contribution in [0, 0.1) is 6.92 Å². The number of nitrogens with one attached hydrogen (secondary N) is 2. The molecule has 0 unspecified atom stereocenters. The number of amides is 1. The van der Waals surface area contributed by atoms with Crippen molar-refractivity contribution in [2.45, 2.75) is 38.6 Å². The predicted molar refractivity (Wildman–Crippen MR) is 104 cm³/mol.